The maximum atomic E-state index is 3.47. The summed E-state index contributed by atoms with van der Waals surface area (Å²) in [5.41, 5.74) is 4.32. The van der Waals surface area contributed by atoms with Crippen LogP contribution in [0.5, 0.6) is 0 Å². The first-order valence-corrected chi connectivity index (χ1v) is 5.18. The van der Waals surface area contributed by atoms with Crippen molar-refractivity contribution in [2.45, 2.75) is 39.2 Å². The molecule has 1 aliphatic rings. The van der Waals surface area contributed by atoms with E-state index in [4.69, 9.17) is 0 Å². The summed E-state index contributed by atoms with van der Waals surface area (Å²) in [6.45, 7) is 4.47. The Morgan fingerprint density at radius 2 is 2.31 bits per heavy atom. The van der Waals surface area contributed by atoms with Crippen molar-refractivity contribution >= 4 is 5.69 Å². The number of hydrogen-bond donors (Lipinski definition) is 1. The van der Waals surface area contributed by atoms with E-state index in [0.29, 0.717) is 6.04 Å². The summed E-state index contributed by atoms with van der Waals surface area (Å²) in [6.07, 6.45) is 3.64. The lowest BCUT2D eigenvalue weighted by atomic mass is 10.0. The third kappa shape index (κ3) is 1.69. The van der Waals surface area contributed by atoms with Crippen LogP contribution in [0.15, 0.2) is 18.2 Å². The van der Waals surface area contributed by atoms with Gasteiger partial charge in [0.2, 0.25) is 0 Å². The molecule has 1 aromatic carbocycles. The van der Waals surface area contributed by atoms with Crippen LogP contribution in [0.25, 0.3) is 0 Å². The van der Waals surface area contributed by atoms with Gasteiger partial charge < -0.3 is 5.32 Å². The van der Waals surface area contributed by atoms with E-state index in [9.17, 15) is 0 Å². The Labute approximate surface area is 80.2 Å². The molecule has 0 saturated carbocycles. The molecule has 2 rings (SSSR count). The van der Waals surface area contributed by atoms with Crippen molar-refractivity contribution in [3.63, 3.8) is 0 Å². The second kappa shape index (κ2) is 3.41. The van der Waals surface area contributed by atoms with E-state index in [-0.39, 0.29) is 0 Å². The van der Waals surface area contributed by atoms with E-state index in [0.717, 1.165) is 0 Å². The fraction of sp³-hybridized carbons (Fsp3) is 0.500. The molecule has 1 atom stereocenters. The molecule has 0 fully saturated rings. The number of anilines is 1. The Hall–Kier alpha value is -0.980. The second-order valence-electron chi connectivity index (χ2n) is 3.99. The second-order valence-corrected chi connectivity index (χ2v) is 3.99. The fourth-order valence-corrected chi connectivity index (χ4v) is 2.05. The van der Waals surface area contributed by atoms with E-state index >= 15 is 0 Å². The standard InChI is InChI=1S/C12H17N/c1-3-4-10-5-6-12-11(8-10)7-9(2)13-12/h5-6,8-9,13H,3-4,7H2,1-2H3/t9-/m0/s1. The van der Waals surface area contributed by atoms with Crippen molar-refractivity contribution in [3.05, 3.63) is 29.3 Å². The van der Waals surface area contributed by atoms with Crippen LogP contribution in [0.4, 0.5) is 5.69 Å². The van der Waals surface area contributed by atoms with E-state index in [1.165, 1.54) is 36.1 Å². The molecule has 0 bridgehead atoms. The Bertz CT molecular complexity index is 304. The monoisotopic (exact) mass is 175 g/mol. The van der Waals surface area contributed by atoms with Crippen LogP contribution in [-0.4, -0.2) is 6.04 Å². The van der Waals surface area contributed by atoms with Gasteiger partial charge in [0, 0.05) is 11.7 Å². The van der Waals surface area contributed by atoms with Crippen molar-refractivity contribution < 1.29 is 0 Å². The molecule has 13 heavy (non-hydrogen) atoms. The SMILES string of the molecule is CCCc1ccc2c(c1)C[C@H](C)N2. The number of hydrogen-bond acceptors (Lipinski definition) is 1. The molecule has 1 N–H and O–H groups in total. The molecule has 1 aromatic rings. The minimum absolute atomic E-state index is 0.617. The highest BCUT2D eigenvalue weighted by atomic mass is 14.9. The third-order valence-corrected chi connectivity index (χ3v) is 2.64. The number of benzene rings is 1. The molecule has 1 heteroatoms. The van der Waals surface area contributed by atoms with Crippen LogP contribution in [0.3, 0.4) is 0 Å². The molecule has 0 spiro atoms. The zero-order valence-corrected chi connectivity index (χ0v) is 8.43. The van der Waals surface area contributed by atoms with Crippen LogP contribution in [0.1, 0.15) is 31.4 Å². The highest BCUT2D eigenvalue weighted by Gasteiger charge is 2.15. The first-order valence-electron chi connectivity index (χ1n) is 5.18. The van der Waals surface area contributed by atoms with Gasteiger partial charge in [0.1, 0.15) is 0 Å². The highest BCUT2D eigenvalue weighted by molar-refractivity contribution is 5.57. The maximum Gasteiger partial charge on any atom is 0.0375 e. The summed E-state index contributed by atoms with van der Waals surface area (Å²) >= 11 is 0. The Balaban J connectivity index is 2.24. The molecule has 0 aromatic heterocycles. The van der Waals surface area contributed by atoms with Gasteiger partial charge in [-0.15, -0.1) is 0 Å². The number of fused-ring (bicyclic) bond motifs is 1. The first-order chi connectivity index (χ1) is 6.29. The lowest BCUT2D eigenvalue weighted by Gasteiger charge is -2.03. The molecule has 1 nitrogen and oxygen atoms in total. The largest absolute Gasteiger partial charge is 0.382 e. The van der Waals surface area contributed by atoms with Crippen LogP contribution in [0.2, 0.25) is 0 Å². The van der Waals surface area contributed by atoms with Gasteiger partial charge >= 0.3 is 0 Å². The fourth-order valence-electron chi connectivity index (χ4n) is 2.05. The van der Waals surface area contributed by atoms with E-state index < -0.39 is 0 Å². The number of nitrogens with one attached hydrogen (secondary N) is 1. The quantitative estimate of drug-likeness (QED) is 0.728. The van der Waals surface area contributed by atoms with Gasteiger partial charge in [-0.3, -0.25) is 0 Å². The summed E-state index contributed by atoms with van der Waals surface area (Å²) in [5.74, 6) is 0. The summed E-state index contributed by atoms with van der Waals surface area (Å²) in [5, 5.41) is 3.47. The lowest BCUT2D eigenvalue weighted by molar-refractivity contribution is 0.837. The predicted octanol–water partition coefficient (Wildman–Crippen LogP) is 3.00. The predicted molar refractivity (Wildman–Crippen MR) is 57.2 cm³/mol. The van der Waals surface area contributed by atoms with Gasteiger partial charge in [-0.05, 0) is 37.0 Å². The Morgan fingerprint density at radius 3 is 3.08 bits per heavy atom. The zero-order valence-electron chi connectivity index (χ0n) is 8.43. The van der Waals surface area contributed by atoms with Gasteiger partial charge in [-0.2, -0.15) is 0 Å². The molecule has 0 saturated heterocycles. The molecular formula is C12H17N. The molecule has 0 radical (unpaired) electrons. The van der Waals surface area contributed by atoms with Crippen LogP contribution in [0, 0.1) is 0 Å². The van der Waals surface area contributed by atoms with Gasteiger partial charge in [-0.25, -0.2) is 0 Å². The van der Waals surface area contributed by atoms with Crippen LogP contribution >= 0.6 is 0 Å². The zero-order chi connectivity index (χ0) is 9.26. The Kier molecular flexibility index (Phi) is 2.26. The smallest absolute Gasteiger partial charge is 0.0375 e. The van der Waals surface area contributed by atoms with Gasteiger partial charge in [-0.1, -0.05) is 25.5 Å². The van der Waals surface area contributed by atoms with E-state index in [1.807, 2.05) is 0 Å². The normalized spacial score (nSPS) is 19.7. The molecule has 70 valence electrons. The lowest BCUT2D eigenvalue weighted by Crippen LogP contribution is -2.08. The van der Waals surface area contributed by atoms with Crippen LogP contribution in [-0.2, 0) is 12.8 Å². The van der Waals surface area contributed by atoms with E-state index in [2.05, 4.69) is 37.4 Å². The number of aryl methyl sites for hydroxylation is 1. The summed E-state index contributed by atoms with van der Waals surface area (Å²) in [7, 11) is 0. The van der Waals surface area contributed by atoms with Crippen molar-refractivity contribution in [3.8, 4) is 0 Å². The third-order valence-electron chi connectivity index (χ3n) is 2.64. The first kappa shape index (κ1) is 8.61. The minimum Gasteiger partial charge on any atom is -0.382 e. The molecule has 0 amide bonds. The topological polar surface area (TPSA) is 12.0 Å². The molecular weight excluding hydrogens is 158 g/mol. The van der Waals surface area contributed by atoms with Crippen molar-refractivity contribution in [2.75, 3.05) is 5.32 Å². The molecule has 1 aliphatic heterocycles. The molecule has 0 unspecified atom stereocenters. The Morgan fingerprint density at radius 1 is 1.46 bits per heavy atom. The van der Waals surface area contributed by atoms with E-state index in [1.54, 1.807) is 0 Å². The van der Waals surface area contributed by atoms with Gasteiger partial charge in [0.25, 0.3) is 0 Å². The van der Waals surface area contributed by atoms with Crippen molar-refractivity contribution in [2.24, 2.45) is 0 Å². The average Bonchev–Trinajstić information content (AvgIpc) is 2.44. The van der Waals surface area contributed by atoms with Gasteiger partial charge in [0.05, 0.1) is 0 Å². The maximum absolute atomic E-state index is 3.47. The summed E-state index contributed by atoms with van der Waals surface area (Å²) < 4.78 is 0. The van der Waals surface area contributed by atoms with Gasteiger partial charge in [0.15, 0.2) is 0 Å². The van der Waals surface area contributed by atoms with Crippen LogP contribution < -0.4 is 5.32 Å². The number of rotatable bonds is 2. The van der Waals surface area contributed by atoms with Crippen molar-refractivity contribution in [1.82, 2.24) is 0 Å². The molecule has 0 aliphatic carbocycles. The van der Waals surface area contributed by atoms with Crippen molar-refractivity contribution in [1.29, 1.82) is 0 Å². The minimum atomic E-state index is 0.617. The molecule has 1 heterocycles. The summed E-state index contributed by atoms with van der Waals surface area (Å²) in [4.78, 5) is 0. The average molecular weight is 175 g/mol. The summed E-state index contributed by atoms with van der Waals surface area (Å²) in [6, 6.07) is 7.44. The highest BCUT2D eigenvalue weighted by Crippen LogP contribution is 2.26.